The Bertz CT molecular complexity index is 2660. The summed E-state index contributed by atoms with van der Waals surface area (Å²) < 4.78 is 57.5. The number of esters is 4. The lowest BCUT2D eigenvalue weighted by atomic mass is 9.95. The first-order valence-electron chi connectivity index (χ1n) is 53.1. The summed E-state index contributed by atoms with van der Waals surface area (Å²) in [5, 5.41) is 41.5. The Morgan fingerprint density at radius 2 is 0.595 bits per heavy atom. The van der Waals surface area contributed by atoms with Crippen LogP contribution in [0.2, 0.25) is 0 Å². The summed E-state index contributed by atoms with van der Waals surface area (Å²) in [6, 6.07) is -3.28. The minimum absolute atomic E-state index is 0.0356. The molecule has 0 saturated carbocycles. The standard InChI is InChI=1S/C104H197N2O19P/c1-11-13-15-17-19-21-23-25-27-33-47-57-67-77-95(112)124-100-97(105-91(108)79-87(73-63-53-43-37-41-51-61-71-85(7)8)120-93(110)75-65-55-45-35-29-31-39-49-59-69-83(3)4)103(115)122-90(99(100)114)82-119-104-98(101(102(126(116,117)118)89(81-107)123-104)125-96(113)78-68-58-48-34-28-26-24-22-20-18-16-14-12-2)106-92(109)80-88(74-64-54-44-38-42-52-62-72-86(9)10)121-94(111)76-66-56-46-36-30-32-40-50-60-70-84(5)6/h83-90,97-104,107,114-115H,11-82H2,1-10H3,(H,105,108)(H,106,109)(H2,116,117,118)/t87-,88-,89?,90?,97+,98+,99-,100?,101?,102-,103-,104-/m1/s1. The first kappa shape index (κ1) is 119. The van der Waals surface area contributed by atoms with Crippen LogP contribution in [0, 0.1) is 23.7 Å². The van der Waals surface area contributed by atoms with Gasteiger partial charge in [0.15, 0.2) is 18.7 Å². The van der Waals surface area contributed by atoms with E-state index in [4.69, 9.17) is 33.2 Å². The van der Waals surface area contributed by atoms with Crippen molar-refractivity contribution in [3.63, 3.8) is 0 Å². The summed E-state index contributed by atoms with van der Waals surface area (Å²) in [7, 11) is -5.42. The first-order chi connectivity index (χ1) is 60.8. The number of rotatable bonds is 87. The van der Waals surface area contributed by atoms with Crippen LogP contribution in [0.1, 0.15) is 519 Å². The summed E-state index contributed by atoms with van der Waals surface area (Å²) in [6.07, 6.45) is 52.4. The fourth-order valence-electron chi connectivity index (χ4n) is 18.0. The second-order valence-corrected chi connectivity index (χ2v) is 41.8. The molecule has 2 rings (SSSR count). The van der Waals surface area contributed by atoms with E-state index in [9.17, 15) is 53.6 Å². The molecule has 2 heterocycles. The first-order valence-corrected chi connectivity index (χ1v) is 54.8. The highest BCUT2D eigenvalue weighted by atomic mass is 31.2. The Morgan fingerprint density at radius 3 is 0.881 bits per heavy atom. The normalized spacial score (nSPS) is 19.7. The lowest BCUT2D eigenvalue weighted by Gasteiger charge is -2.46. The quantitative estimate of drug-likeness (QED) is 0.0129. The van der Waals surface area contributed by atoms with Crippen molar-refractivity contribution in [1.82, 2.24) is 10.6 Å². The van der Waals surface area contributed by atoms with Gasteiger partial charge in [-0.1, -0.05) is 429 Å². The Hall–Kier alpha value is -3.27. The number of carbonyl (C=O) groups is 6. The number of ether oxygens (including phenoxy) is 7. The molecule has 7 N–H and O–H groups in total. The van der Waals surface area contributed by atoms with Crippen molar-refractivity contribution in [2.24, 2.45) is 23.7 Å². The van der Waals surface area contributed by atoms with Crippen LogP contribution in [-0.4, -0.2) is 147 Å². The molecule has 22 heteroatoms. The maximum atomic E-state index is 15.0. The van der Waals surface area contributed by atoms with E-state index >= 15 is 4.79 Å². The van der Waals surface area contributed by atoms with Crippen LogP contribution in [0.4, 0.5) is 0 Å². The van der Waals surface area contributed by atoms with Crippen LogP contribution >= 0.6 is 7.60 Å². The van der Waals surface area contributed by atoms with E-state index in [1.807, 2.05) is 0 Å². The summed E-state index contributed by atoms with van der Waals surface area (Å²) in [5.74, 6) is -0.981. The zero-order chi connectivity index (χ0) is 92.5. The molecule has 2 saturated heterocycles. The van der Waals surface area contributed by atoms with Gasteiger partial charge >= 0.3 is 31.5 Å². The van der Waals surface area contributed by atoms with Gasteiger partial charge in [-0.3, -0.25) is 33.3 Å². The lowest BCUT2D eigenvalue weighted by Crippen LogP contribution is -2.67. The molecular formula is C104H197N2O19P. The molecule has 0 aromatic carbocycles. The van der Waals surface area contributed by atoms with Crippen LogP contribution < -0.4 is 10.6 Å². The molecule has 2 fully saturated rings. The van der Waals surface area contributed by atoms with Gasteiger partial charge in [-0.05, 0) is 75.0 Å². The SMILES string of the molecule is CCCCCCCCCCCCCCCC(=O)OC1[C@H](P(=O)(O)O)C(CO)O[C@@H](OCC2O[C@@H](O)[C@@H](NC(=O)C[C@@H](CCCCCCCCCC(C)C)OC(=O)CCCCCCCCCCCC(C)C)C(OC(=O)CCCCCCCCCCCCCCC)[C@@H]2O)[C@H]1NC(=O)C[C@@H](CCCCCCCCCC(C)C)OC(=O)CCCCCCCCCCCC(C)C. The number of aliphatic hydroxyl groups is 3. The molecule has 2 amide bonds. The molecular weight excluding hydrogens is 1610 g/mol. The number of carbonyl (C=O) groups excluding carboxylic acids is 6. The van der Waals surface area contributed by atoms with Gasteiger partial charge in [0.25, 0.3) is 0 Å². The highest BCUT2D eigenvalue weighted by Crippen LogP contribution is 2.50. The van der Waals surface area contributed by atoms with Crippen LogP contribution in [0.15, 0.2) is 0 Å². The van der Waals surface area contributed by atoms with Crippen molar-refractivity contribution >= 4 is 43.3 Å². The topological polar surface area (TPSA) is 309 Å². The van der Waals surface area contributed by atoms with Crippen LogP contribution in [0.3, 0.4) is 0 Å². The number of hydrogen-bond donors (Lipinski definition) is 7. The average molecular weight is 1810 g/mol. The summed E-state index contributed by atoms with van der Waals surface area (Å²) in [6.45, 7) is 20.7. The largest absolute Gasteiger partial charge is 0.462 e. The highest BCUT2D eigenvalue weighted by Gasteiger charge is 2.57. The minimum atomic E-state index is -5.42. The van der Waals surface area contributed by atoms with Gasteiger partial charge in [0.1, 0.15) is 54.4 Å². The Morgan fingerprint density at radius 1 is 0.333 bits per heavy atom. The van der Waals surface area contributed by atoms with E-state index in [2.05, 4.69) is 79.9 Å². The molecule has 0 bridgehead atoms. The van der Waals surface area contributed by atoms with Crippen molar-refractivity contribution in [3.05, 3.63) is 0 Å². The van der Waals surface area contributed by atoms with E-state index in [-0.39, 0.29) is 38.5 Å². The second-order valence-electron chi connectivity index (χ2n) is 40.0. The molecule has 0 radical (unpaired) electrons. The van der Waals surface area contributed by atoms with E-state index in [1.54, 1.807) is 0 Å². The van der Waals surface area contributed by atoms with Crippen molar-refractivity contribution in [1.29, 1.82) is 0 Å². The molecule has 0 aromatic rings. The van der Waals surface area contributed by atoms with Gasteiger partial charge in [0, 0.05) is 25.7 Å². The minimum Gasteiger partial charge on any atom is -0.462 e. The van der Waals surface area contributed by atoms with Gasteiger partial charge < -0.3 is 68.9 Å². The van der Waals surface area contributed by atoms with E-state index in [0.29, 0.717) is 69.6 Å². The zero-order valence-corrected chi connectivity index (χ0v) is 83.4. The van der Waals surface area contributed by atoms with Crippen LogP contribution in [0.5, 0.6) is 0 Å². The molecule has 126 heavy (non-hydrogen) atoms. The second kappa shape index (κ2) is 79.1. The predicted octanol–water partition coefficient (Wildman–Crippen LogP) is 25.9. The Kier molecular flexibility index (Phi) is 74.6. The summed E-state index contributed by atoms with van der Waals surface area (Å²) >= 11 is 0. The molecule has 21 nitrogen and oxygen atoms in total. The van der Waals surface area contributed by atoms with Crippen molar-refractivity contribution in [2.45, 2.75) is 592 Å². The van der Waals surface area contributed by atoms with Gasteiger partial charge in [-0.25, -0.2) is 0 Å². The molecule has 2 aliphatic rings. The van der Waals surface area contributed by atoms with Gasteiger partial charge in [-0.15, -0.1) is 0 Å². The number of unbranched alkanes of at least 4 members (excludes halogenated alkanes) is 52. The fraction of sp³-hybridized carbons (Fsp3) is 0.942. The van der Waals surface area contributed by atoms with Gasteiger partial charge in [0.2, 0.25) is 11.8 Å². The van der Waals surface area contributed by atoms with E-state index in [1.165, 1.54) is 193 Å². The van der Waals surface area contributed by atoms with Crippen molar-refractivity contribution in [3.8, 4) is 0 Å². The summed E-state index contributed by atoms with van der Waals surface area (Å²) in [5.41, 5.74) is -2.03. The molecule has 0 aromatic heterocycles. The smallest absolute Gasteiger partial charge is 0.335 e. The molecule has 0 aliphatic carbocycles. The highest BCUT2D eigenvalue weighted by molar-refractivity contribution is 7.52. The van der Waals surface area contributed by atoms with Gasteiger partial charge in [0.05, 0.1) is 26.1 Å². The van der Waals surface area contributed by atoms with Gasteiger partial charge in [-0.2, -0.15) is 0 Å². The molecule has 12 atom stereocenters. The third-order valence-electron chi connectivity index (χ3n) is 25.9. The fourth-order valence-corrected chi connectivity index (χ4v) is 19.2. The summed E-state index contributed by atoms with van der Waals surface area (Å²) in [4.78, 5) is 108. The third kappa shape index (κ3) is 64.6. The van der Waals surface area contributed by atoms with Crippen molar-refractivity contribution in [2.75, 3.05) is 13.2 Å². The average Bonchev–Trinajstić information content (AvgIpc) is 0.761. The Balaban J connectivity index is 2.61. The maximum absolute atomic E-state index is 15.0. The maximum Gasteiger partial charge on any atom is 0.335 e. The number of amides is 2. The number of hydrogen-bond acceptors (Lipinski definition) is 17. The lowest BCUT2D eigenvalue weighted by molar-refractivity contribution is -0.287. The number of aliphatic hydroxyl groups excluding tert-OH is 3. The van der Waals surface area contributed by atoms with Crippen molar-refractivity contribution < 1.29 is 91.6 Å². The van der Waals surface area contributed by atoms with E-state index in [0.717, 1.165) is 172 Å². The van der Waals surface area contributed by atoms with Crippen LogP contribution in [-0.2, 0) is 66.5 Å². The molecule has 2 aliphatic heterocycles. The van der Waals surface area contributed by atoms with Crippen LogP contribution in [0.25, 0.3) is 0 Å². The van der Waals surface area contributed by atoms with E-state index < -0.39 is 130 Å². The number of nitrogens with one attached hydrogen (secondary N) is 2. The Labute approximate surface area is 770 Å². The molecule has 4 unspecified atom stereocenters. The predicted molar refractivity (Wildman–Crippen MR) is 512 cm³/mol. The monoisotopic (exact) mass is 1810 g/mol. The third-order valence-corrected chi connectivity index (χ3v) is 27.3. The molecule has 0 spiro atoms. The molecule has 742 valence electrons. The zero-order valence-electron chi connectivity index (χ0n) is 82.5.